The Morgan fingerprint density at radius 3 is 1.90 bits per heavy atom. The standard InChI is InChI=1S/C17H16N2O/c20-16-12-7-13-19(16)18-17(14-8-3-1-4-9-14)15-10-5-2-6-11-15/h1-6,8-11H,7,12-13H2. The fourth-order valence-electron chi connectivity index (χ4n) is 2.33. The number of carbonyl (C=O) groups excluding carboxylic acids is 1. The molecule has 1 heterocycles. The first-order chi connectivity index (χ1) is 9.84. The summed E-state index contributed by atoms with van der Waals surface area (Å²) in [6.45, 7) is 0.710. The molecule has 0 N–H and O–H groups in total. The zero-order valence-electron chi connectivity index (χ0n) is 11.2. The topological polar surface area (TPSA) is 32.7 Å². The third-order valence-corrected chi connectivity index (χ3v) is 3.36. The Labute approximate surface area is 118 Å². The van der Waals surface area contributed by atoms with Crippen LogP contribution < -0.4 is 0 Å². The summed E-state index contributed by atoms with van der Waals surface area (Å²) in [6, 6.07) is 20.0. The first-order valence-electron chi connectivity index (χ1n) is 6.84. The molecule has 1 saturated heterocycles. The van der Waals surface area contributed by atoms with Crippen LogP contribution in [-0.4, -0.2) is 23.2 Å². The minimum absolute atomic E-state index is 0.106. The van der Waals surface area contributed by atoms with Crippen LogP contribution in [0.4, 0.5) is 0 Å². The summed E-state index contributed by atoms with van der Waals surface area (Å²) in [7, 11) is 0. The Bertz CT molecular complexity index is 578. The van der Waals surface area contributed by atoms with E-state index in [9.17, 15) is 4.79 Å². The van der Waals surface area contributed by atoms with Gasteiger partial charge in [0.25, 0.3) is 0 Å². The molecule has 3 heteroatoms. The van der Waals surface area contributed by atoms with Crippen molar-refractivity contribution in [2.24, 2.45) is 5.10 Å². The molecule has 0 atom stereocenters. The molecule has 0 radical (unpaired) electrons. The van der Waals surface area contributed by atoms with Crippen molar-refractivity contribution in [3.8, 4) is 0 Å². The van der Waals surface area contributed by atoms with E-state index in [-0.39, 0.29) is 5.91 Å². The molecule has 100 valence electrons. The van der Waals surface area contributed by atoms with Gasteiger partial charge in [-0.3, -0.25) is 4.79 Å². The Kier molecular flexibility index (Phi) is 3.59. The van der Waals surface area contributed by atoms with E-state index in [1.165, 1.54) is 0 Å². The summed E-state index contributed by atoms with van der Waals surface area (Å²) in [4.78, 5) is 11.8. The van der Waals surface area contributed by atoms with Crippen LogP contribution in [0.25, 0.3) is 0 Å². The second-order valence-corrected chi connectivity index (χ2v) is 4.80. The highest BCUT2D eigenvalue weighted by molar-refractivity contribution is 6.13. The third-order valence-electron chi connectivity index (χ3n) is 3.36. The quantitative estimate of drug-likeness (QED) is 0.784. The molecule has 20 heavy (non-hydrogen) atoms. The van der Waals surface area contributed by atoms with Gasteiger partial charge in [0.15, 0.2) is 0 Å². The van der Waals surface area contributed by atoms with Gasteiger partial charge in [-0.25, -0.2) is 5.01 Å². The van der Waals surface area contributed by atoms with Crippen molar-refractivity contribution in [3.05, 3.63) is 71.8 Å². The van der Waals surface area contributed by atoms with Gasteiger partial charge in [0.05, 0.1) is 5.71 Å². The smallest absolute Gasteiger partial charge is 0.242 e. The molecule has 0 spiro atoms. The SMILES string of the molecule is O=C1CCCN1N=C(c1ccccc1)c1ccccc1. The van der Waals surface area contributed by atoms with Gasteiger partial charge in [-0.05, 0) is 6.42 Å². The highest BCUT2D eigenvalue weighted by atomic mass is 16.2. The van der Waals surface area contributed by atoms with Gasteiger partial charge in [0.2, 0.25) is 5.91 Å². The van der Waals surface area contributed by atoms with Crippen molar-refractivity contribution in [2.45, 2.75) is 12.8 Å². The summed E-state index contributed by atoms with van der Waals surface area (Å²) in [5, 5.41) is 6.19. The van der Waals surface area contributed by atoms with Gasteiger partial charge in [-0.2, -0.15) is 5.10 Å². The number of rotatable bonds is 3. The molecule has 1 fully saturated rings. The highest BCUT2D eigenvalue weighted by Crippen LogP contribution is 2.16. The zero-order chi connectivity index (χ0) is 13.8. The zero-order valence-corrected chi connectivity index (χ0v) is 11.2. The Morgan fingerprint density at radius 2 is 1.45 bits per heavy atom. The molecule has 0 unspecified atom stereocenters. The number of carbonyl (C=O) groups is 1. The summed E-state index contributed by atoms with van der Waals surface area (Å²) >= 11 is 0. The van der Waals surface area contributed by atoms with Crippen LogP contribution in [0.5, 0.6) is 0 Å². The lowest BCUT2D eigenvalue weighted by Gasteiger charge is -2.13. The second kappa shape index (κ2) is 5.70. The van der Waals surface area contributed by atoms with Crippen molar-refractivity contribution in [3.63, 3.8) is 0 Å². The summed E-state index contributed by atoms with van der Waals surface area (Å²) in [5.41, 5.74) is 2.90. The van der Waals surface area contributed by atoms with Gasteiger partial charge in [-0.1, -0.05) is 60.7 Å². The molecule has 2 aromatic rings. The molecule has 2 aromatic carbocycles. The lowest BCUT2D eigenvalue weighted by Crippen LogP contribution is -2.21. The van der Waals surface area contributed by atoms with E-state index < -0.39 is 0 Å². The highest BCUT2D eigenvalue weighted by Gasteiger charge is 2.21. The van der Waals surface area contributed by atoms with Crippen LogP contribution in [0, 0.1) is 0 Å². The lowest BCUT2D eigenvalue weighted by atomic mass is 10.0. The van der Waals surface area contributed by atoms with Crippen molar-refractivity contribution in [2.75, 3.05) is 6.54 Å². The summed E-state index contributed by atoms with van der Waals surface area (Å²) < 4.78 is 0. The average Bonchev–Trinajstić information content (AvgIpc) is 2.92. The van der Waals surface area contributed by atoms with Gasteiger partial charge in [-0.15, -0.1) is 0 Å². The minimum Gasteiger partial charge on any atom is -0.273 e. The molecule has 0 aromatic heterocycles. The number of benzene rings is 2. The predicted octanol–water partition coefficient (Wildman–Crippen LogP) is 3.06. The summed E-state index contributed by atoms with van der Waals surface area (Å²) in [5.74, 6) is 0.106. The van der Waals surface area contributed by atoms with Gasteiger partial charge < -0.3 is 0 Å². The Hall–Kier alpha value is -2.42. The van der Waals surface area contributed by atoms with Crippen molar-refractivity contribution in [1.82, 2.24) is 5.01 Å². The van der Waals surface area contributed by atoms with Gasteiger partial charge in [0.1, 0.15) is 0 Å². The van der Waals surface area contributed by atoms with Gasteiger partial charge >= 0.3 is 0 Å². The van der Waals surface area contributed by atoms with Crippen molar-refractivity contribution < 1.29 is 4.79 Å². The number of nitrogens with zero attached hydrogens (tertiary/aromatic N) is 2. The second-order valence-electron chi connectivity index (χ2n) is 4.80. The fourth-order valence-corrected chi connectivity index (χ4v) is 2.33. The molecule has 3 rings (SSSR count). The Morgan fingerprint density at radius 1 is 0.900 bits per heavy atom. The minimum atomic E-state index is 0.106. The number of hydrogen-bond acceptors (Lipinski definition) is 2. The molecular formula is C17H16N2O. The Balaban J connectivity index is 2.04. The van der Waals surface area contributed by atoms with E-state index in [0.717, 1.165) is 23.3 Å². The molecule has 1 aliphatic heterocycles. The van der Waals surface area contributed by atoms with E-state index in [0.29, 0.717) is 13.0 Å². The molecule has 0 bridgehead atoms. The molecule has 0 aliphatic carbocycles. The maximum Gasteiger partial charge on any atom is 0.242 e. The van der Waals surface area contributed by atoms with E-state index >= 15 is 0 Å². The van der Waals surface area contributed by atoms with Crippen molar-refractivity contribution >= 4 is 11.6 Å². The van der Waals surface area contributed by atoms with Crippen LogP contribution in [0.3, 0.4) is 0 Å². The maximum atomic E-state index is 11.8. The van der Waals surface area contributed by atoms with Crippen LogP contribution in [0.1, 0.15) is 24.0 Å². The molecule has 1 aliphatic rings. The number of hydrogen-bond donors (Lipinski definition) is 0. The van der Waals surface area contributed by atoms with E-state index in [2.05, 4.69) is 5.10 Å². The molecule has 1 amide bonds. The molecule has 3 nitrogen and oxygen atoms in total. The van der Waals surface area contributed by atoms with E-state index in [1.807, 2.05) is 60.7 Å². The first kappa shape index (κ1) is 12.6. The number of amides is 1. The third kappa shape index (κ3) is 2.62. The van der Waals surface area contributed by atoms with Gasteiger partial charge in [0, 0.05) is 24.1 Å². The van der Waals surface area contributed by atoms with E-state index in [1.54, 1.807) is 5.01 Å². The monoisotopic (exact) mass is 264 g/mol. The number of hydrazone groups is 1. The van der Waals surface area contributed by atoms with Crippen LogP contribution in [-0.2, 0) is 4.79 Å². The van der Waals surface area contributed by atoms with Crippen LogP contribution in [0.2, 0.25) is 0 Å². The largest absolute Gasteiger partial charge is 0.273 e. The molecular weight excluding hydrogens is 248 g/mol. The maximum absolute atomic E-state index is 11.8. The lowest BCUT2D eigenvalue weighted by molar-refractivity contribution is -0.127. The fraction of sp³-hybridized carbons (Fsp3) is 0.176. The van der Waals surface area contributed by atoms with Crippen molar-refractivity contribution in [1.29, 1.82) is 0 Å². The summed E-state index contributed by atoms with van der Waals surface area (Å²) in [6.07, 6.45) is 1.49. The average molecular weight is 264 g/mol. The predicted molar refractivity (Wildman–Crippen MR) is 79.5 cm³/mol. The normalized spacial score (nSPS) is 14.4. The first-order valence-corrected chi connectivity index (χ1v) is 6.84. The van der Waals surface area contributed by atoms with Crippen LogP contribution >= 0.6 is 0 Å². The van der Waals surface area contributed by atoms with Crippen LogP contribution in [0.15, 0.2) is 65.8 Å². The van der Waals surface area contributed by atoms with E-state index in [4.69, 9.17) is 0 Å². The molecule has 0 saturated carbocycles.